The lowest BCUT2D eigenvalue weighted by atomic mass is 10.1. The van der Waals surface area contributed by atoms with Crippen LogP contribution >= 0.6 is 0 Å². The Hall–Kier alpha value is -0.530. The Balaban J connectivity index is 2.25. The summed E-state index contributed by atoms with van der Waals surface area (Å²) in [4.78, 5) is 10.7. The summed E-state index contributed by atoms with van der Waals surface area (Å²) in [6.45, 7) is 2.11. The van der Waals surface area contributed by atoms with Crippen molar-refractivity contribution < 1.29 is 9.53 Å². The summed E-state index contributed by atoms with van der Waals surface area (Å²) in [5, 5.41) is 0. The minimum absolute atomic E-state index is 0.00954. The van der Waals surface area contributed by atoms with Gasteiger partial charge >= 0.3 is 5.97 Å². The van der Waals surface area contributed by atoms with Crippen molar-refractivity contribution in [3.63, 3.8) is 0 Å². The van der Waals surface area contributed by atoms with Crippen LogP contribution in [0, 0.1) is 0 Å². The summed E-state index contributed by atoms with van der Waals surface area (Å²) in [5.74, 6) is -0.00954. The number of cyclic esters (lactones) is 1. The van der Waals surface area contributed by atoms with Crippen LogP contribution < -0.4 is 0 Å². The predicted octanol–water partition coefficient (Wildman–Crippen LogP) is 1.88. The lowest BCUT2D eigenvalue weighted by molar-refractivity contribution is -0.153. The Bertz CT molecular complexity index is 118. The van der Waals surface area contributed by atoms with E-state index >= 15 is 0 Å². The molecule has 1 saturated heterocycles. The van der Waals surface area contributed by atoms with Crippen LogP contribution in [0.1, 0.15) is 39.0 Å². The molecule has 0 aromatic heterocycles. The zero-order valence-corrected chi connectivity index (χ0v) is 6.43. The zero-order chi connectivity index (χ0) is 7.40. The highest BCUT2D eigenvalue weighted by Gasteiger charge is 2.18. The molecule has 1 rings (SSSR count). The Morgan fingerprint density at radius 3 is 3.10 bits per heavy atom. The minimum atomic E-state index is -0.00954. The van der Waals surface area contributed by atoms with Crippen molar-refractivity contribution in [1.82, 2.24) is 0 Å². The van der Waals surface area contributed by atoms with Crippen LogP contribution in [-0.2, 0) is 9.53 Å². The van der Waals surface area contributed by atoms with Crippen molar-refractivity contribution in [2.75, 3.05) is 0 Å². The van der Waals surface area contributed by atoms with Gasteiger partial charge in [0.15, 0.2) is 0 Å². The Morgan fingerprint density at radius 1 is 1.70 bits per heavy atom. The van der Waals surface area contributed by atoms with E-state index in [1.807, 2.05) is 0 Å². The molecular weight excluding hydrogens is 128 g/mol. The molecule has 0 unspecified atom stereocenters. The van der Waals surface area contributed by atoms with Crippen LogP contribution in [0.3, 0.4) is 0 Å². The molecule has 1 aliphatic heterocycles. The van der Waals surface area contributed by atoms with E-state index in [4.69, 9.17) is 4.74 Å². The molecule has 0 aromatic carbocycles. The van der Waals surface area contributed by atoms with Crippen molar-refractivity contribution in [2.24, 2.45) is 0 Å². The number of hydrogen-bond donors (Lipinski definition) is 0. The monoisotopic (exact) mass is 142 g/mol. The lowest BCUT2D eigenvalue weighted by Crippen LogP contribution is -2.22. The van der Waals surface area contributed by atoms with E-state index in [2.05, 4.69) is 6.92 Å². The second-order valence-electron chi connectivity index (χ2n) is 2.79. The van der Waals surface area contributed by atoms with Gasteiger partial charge in [-0.1, -0.05) is 13.3 Å². The summed E-state index contributed by atoms with van der Waals surface area (Å²) in [5.41, 5.74) is 0. The van der Waals surface area contributed by atoms with Crippen LogP contribution in [0.2, 0.25) is 0 Å². The molecule has 0 radical (unpaired) electrons. The van der Waals surface area contributed by atoms with Gasteiger partial charge in [-0.15, -0.1) is 0 Å². The molecule has 1 aliphatic rings. The van der Waals surface area contributed by atoms with Gasteiger partial charge in [-0.25, -0.2) is 0 Å². The molecule has 1 fully saturated rings. The molecule has 58 valence electrons. The van der Waals surface area contributed by atoms with Crippen molar-refractivity contribution in [1.29, 1.82) is 0 Å². The molecule has 2 nitrogen and oxygen atoms in total. The van der Waals surface area contributed by atoms with E-state index in [0.29, 0.717) is 6.42 Å². The fourth-order valence-corrected chi connectivity index (χ4v) is 1.30. The van der Waals surface area contributed by atoms with Crippen molar-refractivity contribution in [2.45, 2.75) is 45.1 Å². The molecular formula is C8H14O2. The topological polar surface area (TPSA) is 26.3 Å². The molecule has 1 heterocycles. The normalized spacial score (nSPS) is 26.1. The van der Waals surface area contributed by atoms with Crippen LogP contribution in [0.15, 0.2) is 0 Å². The summed E-state index contributed by atoms with van der Waals surface area (Å²) in [6.07, 6.45) is 5.08. The maximum Gasteiger partial charge on any atom is 0.306 e. The van der Waals surface area contributed by atoms with Gasteiger partial charge in [-0.05, 0) is 19.3 Å². The molecule has 0 saturated carbocycles. The van der Waals surface area contributed by atoms with Crippen molar-refractivity contribution in [3.8, 4) is 0 Å². The van der Waals surface area contributed by atoms with Gasteiger partial charge < -0.3 is 4.74 Å². The van der Waals surface area contributed by atoms with E-state index in [9.17, 15) is 4.79 Å². The average Bonchev–Trinajstić information content (AvgIpc) is 1.88. The summed E-state index contributed by atoms with van der Waals surface area (Å²) in [7, 11) is 0. The highest BCUT2D eigenvalue weighted by atomic mass is 16.5. The molecule has 0 bridgehead atoms. The molecule has 0 amide bonds. The molecule has 0 N–H and O–H groups in total. The van der Waals surface area contributed by atoms with E-state index in [-0.39, 0.29) is 12.1 Å². The van der Waals surface area contributed by atoms with Crippen LogP contribution in [0.5, 0.6) is 0 Å². The number of carbonyl (C=O) groups is 1. The Labute approximate surface area is 61.6 Å². The number of carbonyl (C=O) groups excluding carboxylic acids is 1. The van der Waals surface area contributed by atoms with Gasteiger partial charge in [0, 0.05) is 6.42 Å². The molecule has 0 spiro atoms. The fourth-order valence-electron chi connectivity index (χ4n) is 1.30. The van der Waals surface area contributed by atoms with Gasteiger partial charge in [-0.3, -0.25) is 4.79 Å². The third kappa shape index (κ3) is 2.01. The second kappa shape index (κ2) is 3.59. The van der Waals surface area contributed by atoms with E-state index < -0.39 is 0 Å². The van der Waals surface area contributed by atoms with Crippen LogP contribution in [0.4, 0.5) is 0 Å². The van der Waals surface area contributed by atoms with E-state index in [0.717, 1.165) is 25.7 Å². The first-order chi connectivity index (χ1) is 4.83. The predicted molar refractivity (Wildman–Crippen MR) is 38.6 cm³/mol. The maximum atomic E-state index is 10.7. The molecule has 1 atom stereocenters. The number of esters is 1. The number of rotatable bonds is 2. The SMILES string of the molecule is CCC[C@@H]1CCCC(=O)O1. The minimum Gasteiger partial charge on any atom is -0.462 e. The Kier molecular flexibility index (Phi) is 2.72. The molecule has 0 aliphatic carbocycles. The van der Waals surface area contributed by atoms with Crippen molar-refractivity contribution in [3.05, 3.63) is 0 Å². The molecule has 0 aromatic rings. The third-order valence-electron chi connectivity index (χ3n) is 1.82. The summed E-state index contributed by atoms with van der Waals surface area (Å²) < 4.78 is 5.09. The smallest absolute Gasteiger partial charge is 0.306 e. The first kappa shape index (κ1) is 7.58. The zero-order valence-electron chi connectivity index (χ0n) is 6.43. The third-order valence-corrected chi connectivity index (χ3v) is 1.82. The standard InChI is InChI=1S/C8H14O2/c1-2-4-7-5-3-6-8(9)10-7/h7H,2-6H2,1H3/t7-/m1/s1. The van der Waals surface area contributed by atoms with Gasteiger partial charge in [0.05, 0.1) is 0 Å². The van der Waals surface area contributed by atoms with Crippen LogP contribution in [0.25, 0.3) is 0 Å². The van der Waals surface area contributed by atoms with E-state index in [1.165, 1.54) is 0 Å². The van der Waals surface area contributed by atoms with Gasteiger partial charge in [0.2, 0.25) is 0 Å². The van der Waals surface area contributed by atoms with Crippen LogP contribution in [-0.4, -0.2) is 12.1 Å². The highest BCUT2D eigenvalue weighted by molar-refractivity contribution is 5.70. The van der Waals surface area contributed by atoms with E-state index in [1.54, 1.807) is 0 Å². The van der Waals surface area contributed by atoms with Gasteiger partial charge in [-0.2, -0.15) is 0 Å². The Morgan fingerprint density at radius 2 is 2.50 bits per heavy atom. The first-order valence-corrected chi connectivity index (χ1v) is 4.02. The van der Waals surface area contributed by atoms with Gasteiger partial charge in [0.1, 0.15) is 6.10 Å². The summed E-state index contributed by atoms with van der Waals surface area (Å²) >= 11 is 0. The molecule has 10 heavy (non-hydrogen) atoms. The van der Waals surface area contributed by atoms with Crippen molar-refractivity contribution >= 4 is 5.97 Å². The quantitative estimate of drug-likeness (QED) is 0.550. The maximum absolute atomic E-state index is 10.7. The molecule has 2 heteroatoms. The van der Waals surface area contributed by atoms with Gasteiger partial charge in [0.25, 0.3) is 0 Å². The average molecular weight is 142 g/mol. The number of hydrogen-bond acceptors (Lipinski definition) is 2. The summed E-state index contributed by atoms with van der Waals surface area (Å²) in [6, 6.07) is 0. The second-order valence-corrected chi connectivity index (χ2v) is 2.79. The number of ether oxygens (including phenoxy) is 1. The fraction of sp³-hybridized carbons (Fsp3) is 0.875. The lowest BCUT2D eigenvalue weighted by Gasteiger charge is -2.21. The largest absolute Gasteiger partial charge is 0.462 e. The first-order valence-electron chi connectivity index (χ1n) is 4.02. The highest BCUT2D eigenvalue weighted by Crippen LogP contribution is 2.17.